The van der Waals surface area contributed by atoms with Gasteiger partial charge in [-0.3, -0.25) is 9.59 Å². The van der Waals surface area contributed by atoms with E-state index in [-0.39, 0.29) is 30.3 Å². The summed E-state index contributed by atoms with van der Waals surface area (Å²) in [5.74, 6) is -0.258. The summed E-state index contributed by atoms with van der Waals surface area (Å²) >= 11 is 0. The van der Waals surface area contributed by atoms with Gasteiger partial charge < -0.3 is 15.5 Å². The van der Waals surface area contributed by atoms with Gasteiger partial charge in [0, 0.05) is 25.2 Å². The van der Waals surface area contributed by atoms with E-state index in [2.05, 4.69) is 10.6 Å². The second kappa shape index (κ2) is 5.11. The summed E-state index contributed by atoms with van der Waals surface area (Å²) in [6.07, 6.45) is -0.0270. The van der Waals surface area contributed by atoms with Gasteiger partial charge in [-0.1, -0.05) is 0 Å². The van der Waals surface area contributed by atoms with Gasteiger partial charge >= 0.3 is 0 Å². The van der Waals surface area contributed by atoms with E-state index in [4.69, 9.17) is 0 Å². The molecule has 0 bridgehead atoms. The molecule has 0 saturated carbocycles. The van der Waals surface area contributed by atoms with Crippen molar-refractivity contribution in [1.29, 1.82) is 0 Å². The molecule has 2 amide bonds. The number of nitrogens with one attached hydrogen (secondary N) is 2. The summed E-state index contributed by atoms with van der Waals surface area (Å²) in [5.41, 5.74) is 0. The zero-order chi connectivity index (χ0) is 11.4. The molecule has 1 rings (SSSR count). The van der Waals surface area contributed by atoms with E-state index in [1.807, 2.05) is 20.9 Å². The summed E-state index contributed by atoms with van der Waals surface area (Å²) < 4.78 is 0. The number of rotatable bonds is 3. The fraction of sp³-hybridized carbons (Fsp3) is 0.800. The highest BCUT2D eigenvalue weighted by atomic mass is 16.2. The molecule has 2 N–H and O–H groups in total. The molecule has 1 heterocycles. The van der Waals surface area contributed by atoms with E-state index in [0.29, 0.717) is 13.1 Å². The molecule has 1 aliphatic rings. The maximum Gasteiger partial charge on any atom is 0.232 e. The zero-order valence-corrected chi connectivity index (χ0v) is 9.54. The van der Waals surface area contributed by atoms with Crippen LogP contribution < -0.4 is 10.6 Å². The van der Waals surface area contributed by atoms with Crippen LogP contribution in [-0.2, 0) is 9.59 Å². The molecule has 5 nitrogen and oxygen atoms in total. The smallest absolute Gasteiger partial charge is 0.232 e. The molecule has 1 fully saturated rings. The summed E-state index contributed by atoms with van der Waals surface area (Å²) in [4.78, 5) is 24.7. The van der Waals surface area contributed by atoms with Crippen molar-refractivity contribution >= 4 is 11.8 Å². The topological polar surface area (TPSA) is 61.4 Å². The fourth-order valence-corrected chi connectivity index (χ4v) is 1.59. The lowest BCUT2D eigenvalue weighted by atomic mass is 10.2. The standard InChI is InChI=1S/C10H19N3O2/c1-7(11-3)6-13-8(2)5-12-9(14)4-10(13)15/h7-8,11H,4-6H2,1-3H3,(H,12,14). The molecule has 0 spiro atoms. The largest absolute Gasteiger partial charge is 0.354 e. The normalized spacial score (nSPS) is 24.7. The number of carbonyl (C=O) groups is 2. The first kappa shape index (κ1) is 12.0. The highest BCUT2D eigenvalue weighted by Gasteiger charge is 2.27. The van der Waals surface area contributed by atoms with Crippen LogP contribution >= 0.6 is 0 Å². The van der Waals surface area contributed by atoms with Crippen molar-refractivity contribution in [2.45, 2.75) is 32.4 Å². The minimum absolute atomic E-state index is 0.0270. The molecule has 1 aliphatic heterocycles. The summed E-state index contributed by atoms with van der Waals surface area (Å²) in [6.45, 7) is 5.15. The monoisotopic (exact) mass is 213 g/mol. The quantitative estimate of drug-likeness (QED) is 0.611. The number of nitrogens with zero attached hydrogens (tertiary/aromatic N) is 1. The average Bonchev–Trinajstić information content (AvgIpc) is 2.31. The highest BCUT2D eigenvalue weighted by molar-refractivity contribution is 5.97. The Bertz CT molecular complexity index is 255. The first-order valence-electron chi connectivity index (χ1n) is 5.28. The van der Waals surface area contributed by atoms with Crippen molar-refractivity contribution in [3.8, 4) is 0 Å². The van der Waals surface area contributed by atoms with Gasteiger partial charge in [-0.05, 0) is 20.9 Å². The first-order valence-corrected chi connectivity index (χ1v) is 5.28. The van der Waals surface area contributed by atoms with Gasteiger partial charge in [-0.15, -0.1) is 0 Å². The zero-order valence-electron chi connectivity index (χ0n) is 9.54. The molecule has 2 unspecified atom stereocenters. The maximum atomic E-state index is 11.7. The van der Waals surface area contributed by atoms with E-state index >= 15 is 0 Å². The Balaban J connectivity index is 2.66. The van der Waals surface area contributed by atoms with E-state index < -0.39 is 0 Å². The van der Waals surface area contributed by atoms with Gasteiger partial charge in [0.25, 0.3) is 0 Å². The summed E-state index contributed by atoms with van der Waals surface area (Å²) in [6, 6.07) is 0.310. The molecule has 0 aliphatic carbocycles. The third-order valence-electron chi connectivity index (χ3n) is 2.72. The van der Waals surface area contributed by atoms with Crippen LogP contribution in [0, 0.1) is 0 Å². The van der Waals surface area contributed by atoms with E-state index in [1.165, 1.54) is 0 Å². The number of hydrogen-bond acceptors (Lipinski definition) is 3. The Morgan fingerprint density at radius 1 is 1.60 bits per heavy atom. The Hall–Kier alpha value is -1.10. The summed E-state index contributed by atoms with van der Waals surface area (Å²) in [7, 11) is 1.86. The second-order valence-electron chi connectivity index (χ2n) is 4.07. The molecule has 5 heteroatoms. The lowest BCUT2D eigenvalue weighted by Crippen LogP contribution is -2.46. The number of likely N-dealkylation sites (N-methyl/N-ethyl adjacent to an activating group) is 1. The van der Waals surface area contributed by atoms with Crippen LogP contribution in [0.25, 0.3) is 0 Å². The summed E-state index contributed by atoms with van der Waals surface area (Å²) in [5, 5.41) is 5.81. The first-order chi connectivity index (χ1) is 7.04. The molecule has 0 radical (unpaired) electrons. The van der Waals surface area contributed by atoms with Crippen molar-refractivity contribution in [3.05, 3.63) is 0 Å². The van der Waals surface area contributed by atoms with E-state index in [0.717, 1.165) is 0 Å². The van der Waals surface area contributed by atoms with Gasteiger partial charge in [0.05, 0.1) is 0 Å². The fourth-order valence-electron chi connectivity index (χ4n) is 1.59. The molecule has 1 saturated heterocycles. The molecule has 0 aromatic heterocycles. The van der Waals surface area contributed by atoms with Gasteiger partial charge in [-0.25, -0.2) is 0 Å². The van der Waals surface area contributed by atoms with Crippen molar-refractivity contribution in [2.75, 3.05) is 20.1 Å². The van der Waals surface area contributed by atoms with Gasteiger partial charge in [0.15, 0.2) is 0 Å². The predicted octanol–water partition coefficient (Wildman–Crippen LogP) is -0.669. The number of carbonyl (C=O) groups excluding carboxylic acids is 2. The molecular weight excluding hydrogens is 194 g/mol. The molecule has 15 heavy (non-hydrogen) atoms. The van der Waals surface area contributed by atoms with Crippen LogP contribution in [0.4, 0.5) is 0 Å². The van der Waals surface area contributed by atoms with Crippen LogP contribution in [0.15, 0.2) is 0 Å². The molecular formula is C10H19N3O2. The number of amides is 2. The van der Waals surface area contributed by atoms with Gasteiger partial charge in [0.1, 0.15) is 6.42 Å². The van der Waals surface area contributed by atoms with Gasteiger partial charge in [-0.2, -0.15) is 0 Å². The molecule has 2 atom stereocenters. The van der Waals surface area contributed by atoms with Crippen molar-refractivity contribution in [2.24, 2.45) is 0 Å². The Morgan fingerprint density at radius 2 is 2.27 bits per heavy atom. The lowest BCUT2D eigenvalue weighted by molar-refractivity contribution is -0.135. The Morgan fingerprint density at radius 3 is 2.87 bits per heavy atom. The van der Waals surface area contributed by atoms with Crippen molar-refractivity contribution in [3.63, 3.8) is 0 Å². The van der Waals surface area contributed by atoms with Crippen LogP contribution in [0.5, 0.6) is 0 Å². The van der Waals surface area contributed by atoms with Crippen molar-refractivity contribution < 1.29 is 9.59 Å². The third kappa shape index (κ3) is 3.20. The molecule has 86 valence electrons. The highest BCUT2D eigenvalue weighted by Crippen LogP contribution is 2.06. The molecule has 0 aromatic rings. The van der Waals surface area contributed by atoms with Crippen LogP contribution in [0.1, 0.15) is 20.3 Å². The van der Waals surface area contributed by atoms with Crippen LogP contribution in [-0.4, -0.2) is 48.9 Å². The second-order valence-corrected chi connectivity index (χ2v) is 4.07. The van der Waals surface area contributed by atoms with E-state index in [9.17, 15) is 9.59 Å². The minimum atomic E-state index is -0.175. The predicted molar refractivity (Wildman–Crippen MR) is 57.3 cm³/mol. The lowest BCUT2D eigenvalue weighted by Gasteiger charge is -2.29. The SMILES string of the molecule is CNC(C)CN1C(=O)CC(=O)NCC1C. The minimum Gasteiger partial charge on any atom is -0.354 e. The van der Waals surface area contributed by atoms with E-state index in [1.54, 1.807) is 4.90 Å². The van der Waals surface area contributed by atoms with Crippen molar-refractivity contribution in [1.82, 2.24) is 15.5 Å². The van der Waals surface area contributed by atoms with Crippen LogP contribution in [0.3, 0.4) is 0 Å². The maximum absolute atomic E-state index is 11.7. The van der Waals surface area contributed by atoms with Gasteiger partial charge in [0.2, 0.25) is 11.8 Å². The number of hydrogen-bond donors (Lipinski definition) is 2. The third-order valence-corrected chi connectivity index (χ3v) is 2.72. The Labute approximate surface area is 90.2 Å². The average molecular weight is 213 g/mol. The van der Waals surface area contributed by atoms with Crippen LogP contribution in [0.2, 0.25) is 0 Å². The molecule has 0 aromatic carbocycles. The Kier molecular flexibility index (Phi) is 4.08.